The second kappa shape index (κ2) is 6.56. The average molecular weight is 392 g/mol. The Bertz CT molecular complexity index is 1080. The van der Waals surface area contributed by atoms with Crippen molar-refractivity contribution in [2.45, 2.75) is 25.6 Å². The zero-order valence-corrected chi connectivity index (χ0v) is 16.4. The molecule has 0 saturated carbocycles. The van der Waals surface area contributed by atoms with Crippen molar-refractivity contribution >= 4 is 17.0 Å². The molecule has 2 aliphatic rings. The maximum atomic E-state index is 10.3. The molecule has 0 bridgehead atoms. The van der Waals surface area contributed by atoms with Gasteiger partial charge in [0, 0.05) is 17.5 Å². The van der Waals surface area contributed by atoms with Gasteiger partial charge in [-0.1, -0.05) is 24.3 Å². The van der Waals surface area contributed by atoms with Gasteiger partial charge in [0.15, 0.2) is 11.5 Å². The number of rotatable bonds is 3. The zero-order chi connectivity index (χ0) is 19.3. The van der Waals surface area contributed by atoms with E-state index >= 15 is 0 Å². The number of phenolic OH excluding ortho intramolecular Hbond substituents is 1. The summed E-state index contributed by atoms with van der Waals surface area (Å²) in [5.74, 6) is 1.75. The van der Waals surface area contributed by atoms with E-state index in [1.807, 2.05) is 35.3 Å². The second-order valence-corrected chi connectivity index (χ2v) is 7.93. The summed E-state index contributed by atoms with van der Waals surface area (Å²) in [6, 6.07) is 15.4. The first-order chi connectivity index (χ1) is 13.7. The highest BCUT2D eigenvalue weighted by molar-refractivity contribution is 7.10. The van der Waals surface area contributed by atoms with E-state index in [4.69, 9.17) is 14.6 Å². The van der Waals surface area contributed by atoms with Gasteiger partial charge in [-0.25, -0.2) is 5.01 Å². The van der Waals surface area contributed by atoms with Gasteiger partial charge >= 0.3 is 0 Å². The van der Waals surface area contributed by atoms with Crippen molar-refractivity contribution < 1.29 is 14.6 Å². The maximum absolute atomic E-state index is 10.3. The molecule has 6 heteroatoms. The number of thiophene rings is 1. The molecule has 0 fully saturated rings. The molecule has 5 rings (SSSR count). The molecule has 0 unspecified atom stereocenters. The molecule has 1 N–H and O–H groups in total. The number of hydrazone groups is 1. The molecule has 5 nitrogen and oxygen atoms in total. The number of hydrogen-bond donors (Lipinski definition) is 1. The van der Waals surface area contributed by atoms with Crippen LogP contribution < -0.4 is 9.47 Å². The van der Waals surface area contributed by atoms with Gasteiger partial charge in [0.05, 0.1) is 23.7 Å². The molecular formula is C22H20N2O3S. The van der Waals surface area contributed by atoms with E-state index in [1.54, 1.807) is 24.5 Å². The Morgan fingerprint density at radius 3 is 2.79 bits per heavy atom. The van der Waals surface area contributed by atoms with Gasteiger partial charge < -0.3 is 14.6 Å². The first-order valence-electron chi connectivity index (χ1n) is 9.19. The minimum atomic E-state index is -0.322. The van der Waals surface area contributed by atoms with E-state index < -0.39 is 0 Å². The van der Waals surface area contributed by atoms with Crippen LogP contribution in [0.1, 0.15) is 40.3 Å². The van der Waals surface area contributed by atoms with Crippen LogP contribution in [0.2, 0.25) is 0 Å². The SMILES string of the molecule is COc1cccc2c1O[C@@H](c1sccc1C)N1N=C(c3ccccc3O)C[C@H]21. The number of aromatic hydroxyl groups is 1. The van der Waals surface area contributed by atoms with E-state index in [0.29, 0.717) is 6.42 Å². The standard InChI is InChI=1S/C22H20N2O3S/c1-13-10-11-28-21(13)22-24-17(15-7-5-9-19(26-2)20(15)27-22)12-16(23-24)14-6-3-4-8-18(14)25/h3-11,17,22,25H,12H2,1-2H3/t17-,22+/m1/s1. The Morgan fingerprint density at radius 1 is 1.18 bits per heavy atom. The summed E-state index contributed by atoms with van der Waals surface area (Å²) in [6.45, 7) is 2.09. The predicted octanol–water partition coefficient (Wildman–Crippen LogP) is 5.01. The van der Waals surface area contributed by atoms with Gasteiger partial charge in [0.25, 0.3) is 0 Å². The summed E-state index contributed by atoms with van der Waals surface area (Å²) >= 11 is 1.67. The van der Waals surface area contributed by atoms with Gasteiger partial charge in [0.2, 0.25) is 6.23 Å². The van der Waals surface area contributed by atoms with Crippen LogP contribution in [0.25, 0.3) is 0 Å². The minimum Gasteiger partial charge on any atom is -0.507 e. The lowest BCUT2D eigenvalue weighted by Gasteiger charge is -2.38. The second-order valence-electron chi connectivity index (χ2n) is 6.98. The van der Waals surface area contributed by atoms with Crippen molar-refractivity contribution in [2.24, 2.45) is 5.10 Å². The monoisotopic (exact) mass is 392 g/mol. The van der Waals surface area contributed by atoms with Crippen LogP contribution in [-0.2, 0) is 0 Å². The number of fused-ring (bicyclic) bond motifs is 3. The maximum Gasteiger partial charge on any atom is 0.223 e. The van der Waals surface area contributed by atoms with E-state index in [1.165, 1.54) is 5.56 Å². The number of ether oxygens (including phenoxy) is 2. The first-order valence-corrected chi connectivity index (χ1v) is 10.1. The Morgan fingerprint density at radius 2 is 2.04 bits per heavy atom. The van der Waals surface area contributed by atoms with Crippen LogP contribution >= 0.6 is 11.3 Å². The number of methoxy groups -OCH3 is 1. The highest BCUT2D eigenvalue weighted by atomic mass is 32.1. The van der Waals surface area contributed by atoms with E-state index in [-0.39, 0.29) is 18.0 Å². The molecule has 2 aromatic carbocycles. The lowest BCUT2D eigenvalue weighted by atomic mass is 9.95. The first kappa shape index (κ1) is 17.1. The van der Waals surface area contributed by atoms with Crippen LogP contribution in [0.5, 0.6) is 17.2 Å². The van der Waals surface area contributed by atoms with Crippen LogP contribution in [0, 0.1) is 6.92 Å². The quantitative estimate of drug-likeness (QED) is 0.680. The van der Waals surface area contributed by atoms with Crippen molar-refractivity contribution in [3.63, 3.8) is 0 Å². The summed E-state index contributed by atoms with van der Waals surface area (Å²) in [7, 11) is 1.66. The van der Waals surface area contributed by atoms with Crippen molar-refractivity contribution in [3.8, 4) is 17.2 Å². The molecule has 142 valence electrons. The predicted molar refractivity (Wildman–Crippen MR) is 109 cm³/mol. The average Bonchev–Trinajstić information content (AvgIpc) is 3.34. The van der Waals surface area contributed by atoms with Crippen molar-refractivity contribution in [1.82, 2.24) is 5.01 Å². The molecule has 0 amide bonds. The molecule has 0 radical (unpaired) electrons. The Balaban J connectivity index is 1.65. The topological polar surface area (TPSA) is 54.3 Å². The van der Waals surface area contributed by atoms with E-state index in [9.17, 15) is 5.11 Å². The molecule has 3 aromatic rings. The van der Waals surface area contributed by atoms with Crippen molar-refractivity contribution in [1.29, 1.82) is 0 Å². The molecule has 28 heavy (non-hydrogen) atoms. The van der Waals surface area contributed by atoms with Gasteiger partial charge in [-0.05, 0) is 42.1 Å². The van der Waals surface area contributed by atoms with E-state index in [2.05, 4.69) is 24.4 Å². The zero-order valence-electron chi connectivity index (χ0n) is 15.6. The Kier molecular flexibility index (Phi) is 4.02. The Hall–Kier alpha value is -2.99. The van der Waals surface area contributed by atoms with Gasteiger partial charge in [-0.3, -0.25) is 0 Å². The molecule has 1 aromatic heterocycles. The Labute approximate surface area is 167 Å². The highest BCUT2D eigenvalue weighted by Gasteiger charge is 2.43. The van der Waals surface area contributed by atoms with Crippen LogP contribution in [-0.4, -0.2) is 22.9 Å². The summed E-state index contributed by atoms with van der Waals surface area (Å²) in [4.78, 5) is 1.13. The summed E-state index contributed by atoms with van der Waals surface area (Å²) < 4.78 is 12.0. The number of aryl methyl sites for hydroxylation is 1. The largest absolute Gasteiger partial charge is 0.507 e. The molecule has 0 saturated heterocycles. The lowest BCUT2D eigenvalue weighted by molar-refractivity contribution is -0.0188. The number of benzene rings is 2. The summed E-state index contributed by atoms with van der Waals surface area (Å²) in [5, 5.41) is 19.3. The van der Waals surface area contributed by atoms with Gasteiger partial charge in [0.1, 0.15) is 5.75 Å². The third kappa shape index (κ3) is 2.56. The number of hydrogen-bond acceptors (Lipinski definition) is 6. The fourth-order valence-corrected chi connectivity index (χ4v) is 4.88. The lowest BCUT2D eigenvalue weighted by Crippen LogP contribution is -2.33. The molecular weight excluding hydrogens is 372 g/mol. The fourth-order valence-electron chi connectivity index (χ4n) is 3.94. The van der Waals surface area contributed by atoms with Crippen molar-refractivity contribution in [3.05, 3.63) is 75.5 Å². The molecule has 0 aliphatic carbocycles. The van der Waals surface area contributed by atoms with Crippen LogP contribution in [0.3, 0.4) is 0 Å². The van der Waals surface area contributed by atoms with Gasteiger partial charge in [-0.2, -0.15) is 5.10 Å². The van der Waals surface area contributed by atoms with Crippen molar-refractivity contribution in [2.75, 3.05) is 7.11 Å². The third-order valence-corrected chi connectivity index (χ3v) is 6.39. The molecule has 2 atom stereocenters. The summed E-state index contributed by atoms with van der Waals surface area (Å²) in [5.41, 5.74) is 3.86. The summed E-state index contributed by atoms with van der Waals surface area (Å²) in [6.07, 6.45) is 0.374. The van der Waals surface area contributed by atoms with Gasteiger partial charge in [-0.15, -0.1) is 11.3 Å². The normalized spacial score (nSPS) is 20.2. The molecule has 2 aliphatic heterocycles. The minimum absolute atomic E-state index is 0.0277. The fraction of sp³-hybridized carbons (Fsp3) is 0.227. The highest BCUT2D eigenvalue weighted by Crippen LogP contribution is 2.51. The number of nitrogens with zero attached hydrogens (tertiary/aromatic N) is 2. The molecule has 3 heterocycles. The smallest absolute Gasteiger partial charge is 0.223 e. The third-order valence-electron chi connectivity index (χ3n) is 5.34. The number of para-hydroxylation sites is 2. The number of phenols is 1. The van der Waals surface area contributed by atoms with E-state index in [0.717, 1.165) is 33.2 Å². The molecule has 0 spiro atoms. The van der Waals surface area contributed by atoms with Crippen LogP contribution in [0.15, 0.2) is 59.0 Å². The van der Waals surface area contributed by atoms with Crippen LogP contribution in [0.4, 0.5) is 0 Å².